The van der Waals surface area contributed by atoms with Crippen LogP contribution in [0.1, 0.15) is 18.4 Å². The average Bonchev–Trinajstić information content (AvgIpc) is 2.86. The number of rotatable bonds is 5. The first-order chi connectivity index (χ1) is 8.70. The first kappa shape index (κ1) is 14.0. The van der Waals surface area contributed by atoms with Crippen LogP contribution in [0.15, 0.2) is 22.7 Å². The number of likely N-dealkylation sites (N-methyl/N-ethyl adjacent to an activating group) is 1. The summed E-state index contributed by atoms with van der Waals surface area (Å²) >= 11 is 3.32. The molecule has 1 aromatic carbocycles. The summed E-state index contributed by atoms with van der Waals surface area (Å²) in [7, 11) is 1.97. The molecular weight excluding hydrogens is 297 g/mol. The number of ether oxygens (including phenoxy) is 1. The minimum Gasteiger partial charge on any atom is -0.381 e. The lowest BCUT2D eigenvalue weighted by Gasteiger charge is -2.20. The van der Waals surface area contributed by atoms with Gasteiger partial charge in [0, 0.05) is 19.3 Å². The van der Waals surface area contributed by atoms with Gasteiger partial charge < -0.3 is 10.1 Å². The molecule has 100 valence electrons. The van der Waals surface area contributed by atoms with Crippen LogP contribution in [0.3, 0.4) is 0 Å². The quantitative estimate of drug-likeness (QED) is 0.901. The van der Waals surface area contributed by atoms with Crippen LogP contribution >= 0.6 is 15.9 Å². The molecule has 1 N–H and O–H groups in total. The van der Waals surface area contributed by atoms with E-state index >= 15 is 0 Å². The Hall–Kier alpha value is -0.450. The smallest absolute Gasteiger partial charge is 0.137 e. The standard InChI is InChI=1S/C14H19BrFNO/c1-17-12(7-10-5-6-18-9-10)8-11-3-2-4-13(16)14(11)15/h2-4,10,12,17H,5-9H2,1H3. The van der Waals surface area contributed by atoms with E-state index in [1.54, 1.807) is 6.07 Å². The number of hydrogen-bond donors (Lipinski definition) is 1. The van der Waals surface area contributed by atoms with E-state index in [0.717, 1.165) is 38.0 Å². The van der Waals surface area contributed by atoms with Gasteiger partial charge >= 0.3 is 0 Å². The Kier molecular flexibility index (Phi) is 5.15. The van der Waals surface area contributed by atoms with Crippen molar-refractivity contribution >= 4 is 15.9 Å². The molecule has 2 unspecified atom stereocenters. The molecule has 2 atom stereocenters. The predicted molar refractivity (Wildman–Crippen MR) is 74.2 cm³/mol. The van der Waals surface area contributed by atoms with Crippen molar-refractivity contribution in [2.45, 2.75) is 25.3 Å². The summed E-state index contributed by atoms with van der Waals surface area (Å²) in [5.74, 6) is 0.446. The van der Waals surface area contributed by atoms with Crippen molar-refractivity contribution in [2.75, 3.05) is 20.3 Å². The lowest BCUT2D eigenvalue weighted by molar-refractivity contribution is 0.181. The zero-order valence-electron chi connectivity index (χ0n) is 10.6. The zero-order chi connectivity index (χ0) is 13.0. The molecule has 0 bridgehead atoms. The zero-order valence-corrected chi connectivity index (χ0v) is 12.2. The molecule has 1 saturated heterocycles. The highest BCUT2D eigenvalue weighted by molar-refractivity contribution is 9.10. The van der Waals surface area contributed by atoms with Crippen molar-refractivity contribution in [3.63, 3.8) is 0 Å². The Balaban J connectivity index is 1.98. The van der Waals surface area contributed by atoms with E-state index in [4.69, 9.17) is 4.74 Å². The second-order valence-corrected chi connectivity index (χ2v) is 5.66. The first-order valence-corrected chi connectivity index (χ1v) is 7.18. The van der Waals surface area contributed by atoms with Crippen molar-refractivity contribution < 1.29 is 9.13 Å². The van der Waals surface area contributed by atoms with Crippen molar-refractivity contribution in [3.05, 3.63) is 34.1 Å². The fourth-order valence-electron chi connectivity index (χ4n) is 2.45. The molecule has 2 rings (SSSR count). The second-order valence-electron chi connectivity index (χ2n) is 4.87. The highest BCUT2D eigenvalue weighted by Crippen LogP contribution is 2.24. The van der Waals surface area contributed by atoms with E-state index in [-0.39, 0.29) is 5.82 Å². The monoisotopic (exact) mass is 315 g/mol. The molecule has 0 saturated carbocycles. The summed E-state index contributed by atoms with van der Waals surface area (Å²) in [5, 5.41) is 3.33. The normalized spacial score (nSPS) is 21.2. The Morgan fingerprint density at radius 1 is 1.56 bits per heavy atom. The predicted octanol–water partition coefficient (Wildman–Crippen LogP) is 3.15. The maximum Gasteiger partial charge on any atom is 0.137 e. The summed E-state index contributed by atoms with van der Waals surface area (Å²) in [6.07, 6.45) is 3.06. The molecule has 2 nitrogen and oxygen atoms in total. The van der Waals surface area contributed by atoms with Crippen LogP contribution in [0.25, 0.3) is 0 Å². The van der Waals surface area contributed by atoms with Crippen LogP contribution in [-0.4, -0.2) is 26.3 Å². The van der Waals surface area contributed by atoms with Gasteiger partial charge in [-0.3, -0.25) is 0 Å². The van der Waals surface area contributed by atoms with E-state index in [9.17, 15) is 4.39 Å². The molecule has 18 heavy (non-hydrogen) atoms. The van der Waals surface area contributed by atoms with Crippen LogP contribution < -0.4 is 5.32 Å². The fourth-order valence-corrected chi connectivity index (χ4v) is 2.87. The molecule has 1 aliphatic heterocycles. The summed E-state index contributed by atoms with van der Waals surface area (Å²) in [6.45, 7) is 1.74. The van der Waals surface area contributed by atoms with Gasteiger partial charge in [-0.15, -0.1) is 0 Å². The van der Waals surface area contributed by atoms with Crippen LogP contribution in [-0.2, 0) is 11.2 Å². The van der Waals surface area contributed by atoms with Crippen molar-refractivity contribution in [1.82, 2.24) is 5.32 Å². The number of benzene rings is 1. The van der Waals surface area contributed by atoms with Crippen molar-refractivity contribution in [3.8, 4) is 0 Å². The number of nitrogens with one attached hydrogen (secondary N) is 1. The maximum atomic E-state index is 13.5. The number of hydrogen-bond acceptors (Lipinski definition) is 2. The third kappa shape index (κ3) is 3.53. The van der Waals surface area contributed by atoms with E-state index in [0.29, 0.717) is 16.4 Å². The van der Waals surface area contributed by atoms with Gasteiger partial charge in [0.25, 0.3) is 0 Å². The molecule has 4 heteroatoms. The van der Waals surface area contributed by atoms with Gasteiger partial charge in [-0.25, -0.2) is 4.39 Å². The molecule has 0 spiro atoms. The molecule has 1 fully saturated rings. The van der Waals surface area contributed by atoms with Crippen molar-refractivity contribution in [2.24, 2.45) is 5.92 Å². The van der Waals surface area contributed by atoms with Crippen LogP contribution in [0.2, 0.25) is 0 Å². The molecular formula is C14H19BrFNO. The van der Waals surface area contributed by atoms with Crippen LogP contribution in [0.5, 0.6) is 0 Å². The van der Waals surface area contributed by atoms with E-state index < -0.39 is 0 Å². The molecule has 0 amide bonds. The molecule has 1 aromatic rings. The van der Waals surface area contributed by atoms with Gasteiger partial charge in [-0.2, -0.15) is 0 Å². The minimum absolute atomic E-state index is 0.188. The van der Waals surface area contributed by atoms with E-state index in [1.165, 1.54) is 6.07 Å². The number of halogens is 2. The third-order valence-electron chi connectivity index (χ3n) is 3.55. The largest absolute Gasteiger partial charge is 0.381 e. The molecule has 1 heterocycles. The molecule has 1 aliphatic rings. The van der Waals surface area contributed by atoms with Crippen molar-refractivity contribution in [1.29, 1.82) is 0 Å². The maximum absolute atomic E-state index is 13.5. The Morgan fingerprint density at radius 2 is 2.39 bits per heavy atom. The summed E-state index contributed by atoms with van der Waals surface area (Å²) in [5.41, 5.74) is 1.02. The molecule has 0 aromatic heterocycles. The van der Waals surface area contributed by atoms with E-state index in [1.807, 2.05) is 13.1 Å². The van der Waals surface area contributed by atoms with Gasteiger partial charge in [-0.05, 0) is 59.8 Å². The van der Waals surface area contributed by atoms with Gasteiger partial charge in [0.2, 0.25) is 0 Å². The van der Waals surface area contributed by atoms with Gasteiger partial charge in [0.05, 0.1) is 4.47 Å². The van der Waals surface area contributed by atoms with Gasteiger partial charge in [0.1, 0.15) is 5.82 Å². The molecule has 0 aliphatic carbocycles. The van der Waals surface area contributed by atoms with Crippen LogP contribution in [0, 0.1) is 11.7 Å². The third-order valence-corrected chi connectivity index (χ3v) is 4.44. The Bertz CT molecular complexity index is 393. The average molecular weight is 316 g/mol. The highest BCUT2D eigenvalue weighted by Gasteiger charge is 2.21. The summed E-state index contributed by atoms with van der Waals surface area (Å²) in [6, 6.07) is 5.59. The minimum atomic E-state index is -0.188. The lowest BCUT2D eigenvalue weighted by Crippen LogP contribution is -2.30. The first-order valence-electron chi connectivity index (χ1n) is 6.38. The summed E-state index contributed by atoms with van der Waals surface area (Å²) < 4.78 is 19.4. The van der Waals surface area contributed by atoms with Crippen LogP contribution in [0.4, 0.5) is 4.39 Å². The SMILES string of the molecule is CNC(Cc1cccc(F)c1Br)CC1CCOC1. The topological polar surface area (TPSA) is 21.3 Å². The Morgan fingerprint density at radius 3 is 3.06 bits per heavy atom. The fraction of sp³-hybridized carbons (Fsp3) is 0.571. The van der Waals surface area contributed by atoms with Gasteiger partial charge in [0.15, 0.2) is 0 Å². The second kappa shape index (κ2) is 6.64. The Labute approximate surface area is 116 Å². The molecule has 0 radical (unpaired) electrons. The van der Waals surface area contributed by atoms with Gasteiger partial charge in [-0.1, -0.05) is 12.1 Å². The van der Waals surface area contributed by atoms with E-state index in [2.05, 4.69) is 21.2 Å². The lowest BCUT2D eigenvalue weighted by atomic mass is 9.94. The summed E-state index contributed by atoms with van der Waals surface area (Å²) in [4.78, 5) is 0. The highest BCUT2D eigenvalue weighted by atomic mass is 79.9.